The smallest absolute Gasteiger partial charge is 0.238 e. The summed E-state index contributed by atoms with van der Waals surface area (Å²) < 4.78 is 30.0. The Morgan fingerprint density at radius 2 is 2.18 bits per heavy atom. The number of nitrogens with zero attached hydrogens (tertiary/aromatic N) is 3. The molecule has 1 amide bonds. The van der Waals surface area contributed by atoms with Crippen LogP contribution in [0, 0.1) is 0 Å². The molecular weight excluding hydrogens is 306 g/mol. The molecule has 0 aliphatic carbocycles. The van der Waals surface area contributed by atoms with Crippen molar-refractivity contribution in [1.29, 1.82) is 0 Å². The topological polar surface area (TPSA) is 81.5 Å². The molecule has 0 spiro atoms. The maximum atomic E-state index is 12.2. The number of hydrogen-bond donors (Lipinski definition) is 0. The molecule has 1 atom stereocenters. The van der Waals surface area contributed by atoms with Crippen molar-refractivity contribution in [2.75, 3.05) is 31.8 Å². The van der Waals surface area contributed by atoms with E-state index >= 15 is 0 Å². The van der Waals surface area contributed by atoms with E-state index in [9.17, 15) is 13.2 Å². The first-order valence-electron chi connectivity index (χ1n) is 7.43. The summed E-state index contributed by atoms with van der Waals surface area (Å²) in [6.07, 6.45) is 3.07. The van der Waals surface area contributed by atoms with Gasteiger partial charge in [-0.25, -0.2) is 8.42 Å². The Kier molecular flexibility index (Phi) is 5.23. The van der Waals surface area contributed by atoms with E-state index in [1.807, 2.05) is 24.7 Å². The molecule has 1 aliphatic rings. The average molecular weight is 329 g/mol. The van der Waals surface area contributed by atoms with Gasteiger partial charge in [-0.3, -0.25) is 9.48 Å². The van der Waals surface area contributed by atoms with E-state index in [1.165, 1.54) is 0 Å². The van der Waals surface area contributed by atoms with Crippen molar-refractivity contribution in [1.82, 2.24) is 14.7 Å². The molecule has 1 aromatic rings. The van der Waals surface area contributed by atoms with Crippen LogP contribution in [0.4, 0.5) is 0 Å². The summed E-state index contributed by atoms with van der Waals surface area (Å²) in [5.74, 6) is -0.800. The summed E-state index contributed by atoms with van der Waals surface area (Å²) >= 11 is 0. The summed E-state index contributed by atoms with van der Waals surface area (Å²) in [6.45, 7) is 6.61. The minimum atomic E-state index is -3.33. The number of aryl methyl sites for hydroxylation is 1. The van der Waals surface area contributed by atoms with Gasteiger partial charge in [0.2, 0.25) is 5.91 Å². The third-order valence-corrected chi connectivity index (χ3v) is 4.45. The number of aromatic nitrogens is 2. The normalized spacial score (nSPS) is 18.3. The quantitative estimate of drug-likeness (QED) is 0.755. The third kappa shape index (κ3) is 4.07. The predicted molar refractivity (Wildman–Crippen MR) is 82.3 cm³/mol. The largest absolute Gasteiger partial charge is 0.381 e. The summed E-state index contributed by atoms with van der Waals surface area (Å²) in [7, 11) is -3.33. The van der Waals surface area contributed by atoms with Crippen molar-refractivity contribution in [3.05, 3.63) is 17.5 Å². The van der Waals surface area contributed by atoms with Crippen LogP contribution in [0.5, 0.6) is 0 Å². The first-order chi connectivity index (χ1) is 10.3. The van der Waals surface area contributed by atoms with Crippen LogP contribution >= 0.6 is 0 Å². The van der Waals surface area contributed by atoms with E-state index in [0.717, 1.165) is 24.1 Å². The van der Waals surface area contributed by atoms with E-state index < -0.39 is 15.6 Å². The van der Waals surface area contributed by atoms with E-state index in [0.29, 0.717) is 26.3 Å². The molecule has 0 radical (unpaired) electrons. The standard InChI is InChI=1S/C14H23N3O4S/c1-4-17-7-12-11(9-21-5-2)6-16(8-13(12)15-17)14(18)10-22(3,19)20/h7,11H,4-6,8-10H2,1-3H3. The van der Waals surface area contributed by atoms with Gasteiger partial charge in [-0.2, -0.15) is 5.10 Å². The fraction of sp³-hybridized carbons (Fsp3) is 0.714. The van der Waals surface area contributed by atoms with Crippen LogP contribution in [0.25, 0.3) is 0 Å². The predicted octanol–water partition coefficient (Wildman–Crippen LogP) is 0.410. The number of sulfone groups is 1. The van der Waals surface area contributed by atoms with E-state index in [2.05, 4.69) is 5.10 Å². The molecule has 124 valence electrons. The highest BCUT2D eigenvalue weighted by molar-refractivity contribution is 7.91. The molecule has 0 N–H and O–H groups in total. The number of amides is 1. The third-order valence-electron chi connectivity index (χ3n) is 3.68. The van der Waals surface area contributed by atoms with Gasteiger partial charge in [0.1, 0.15) is 5.75 Å². The van der Waals surface area contributed by atoms with Crippen molar-refractivity contribution < 1.29 is 17.9 Å². The fourth-order valence-corrected chi connectivity index (χ4v) is 3.25. The lowest BCUT2D eigenvalue weighted by molar-refractivity contribution is -0.130. The summed E-state index contributed by atoms with van der Waals surface area (Å²) in [6, 6.07) is 0. The minimum absolute atomic E-state index is 0.0347. The average Bonchev–Trinajstić information content (AvgIpc) is 2.85. The van der Waals surface area contributed by atoms with Crippen molar-refractivity contribution >= 4 is 15.7 Å². The summed E-state index contributed by atoms with van der Waals surface area (Å²) in [5.41, 5.74) is 1.93. The van der Waals surface area contributed by atoms with Gasteiger partial charge in [0.05, 0.1) is 18.8 Å². The SMILES string of the molecule is CCOCC1CN(C(=O)CS(C)(=O)=O)Cc2nn(CC)cc21. The van der Waals surface area contributed by atoms with Gasteiger partial charge in [-0.15, -0.1) is 0 Å². The highest BCUT2D eigenvalue weighted by Crippen LogP contribution is 2.28. The van der Waals surface area contributed by atoms with Gasteiger partial charge in [-0.05, 0) is 13.8 Å². The van der Waals surface area contributed by atoms with Crippen LogP contribution in [0.2, 0.25) is 0 Å². The Morgan fingerprint density at radius 3 is 2.77 bits per heavy atom. The second kappa shape index (κ2) is 6.78. The zero-order chi connectivity index (χ0) is 16.3. The van der Waals surface area contributed by atoms with Crippen LogP contribution in [0.1, 0.15) is 31.0 Å². The molecule has 22 heavy (non-hydrogen) atoms. The molecular formula is C14H23N3O4S. The number of rotatable bonds is 6. The Morgan fingerprint density at radius 1 is 1.45 bits per heavy atom. The lowest BCUT2D eigenvalue weighted by atomic mass is 9.95. The first-order valence-corrected chi connectivity index (χ1v) is 9.49. The summed E-state index contributed by atoms with van der Waals surface area (Å²) in [4.78, 5) is 13.8. The number of ether oxygens (including phenoxy) is 1. The molecule has 7 nitrogen and oxygen atoms in total. The molecule has 0 saturated carbocycles. The molecule has 1 aromatic heterocycles. The zero-order valence-electron chi connectivity index (χ0n) is 13.3. The van der Waals surface area contributed by atoms with Gasteiger partial charge < -0.3 is 9.64 Å². The molecule has 0 saturated heterocycles. The van der Waals surface area contributed by atoms with Gasteiger partial charge in [0.15, 0.2) is 9.84 Å². The zero-order valence-corrected chi connectivity index (χ0v) is 14.1. The number of carbonyl (C=O) groups excluding carboxylic acids is 1. The molecule has 2 heterocycles. The molecule has 0 aromatic carbocycles. The van der Waals surface area contributed by atoms with Crippen LogP contribution in [0.15, 0.2) is 6.20 Å². The lowest BCUT2D eigenvalue weighted by Gasteiger charge is -2.31. The first kappa shape index (κ1) is 17.0. The lowest BCUT2D eigenvalue weighted by Crippen LogP contribution is -2.42. The van der Waals surface area contributed by atoms with Crippen LogP contribution in [0.3, 0.4) is 0 Å². The van der Waals surface area contributed by atoms with Gasteiger partial charge in [0.25, 0.3) is 0 Å². The molecule has 1 aliphatic heterocycles. The summed E-state index contributed by atoms with van der Waals surface area (Å²) in [5, 5.41) is 4.47. The van der Waals surface area contributed by atoms with Gasteiger partial charge >= 0.3 is 0 Å². The highest BCUT2D eigenvalue weighted by Gasteiger charge is 2.31. The highest BCUT2D eigenvalue weighted by atomic mass is 32.2. The van der Waals surface area contributed by atoms with E-state index in [-0.39, 0.29) is 11.8 Å². The second-order valence-corrected chi connectivity index (χ2v) is 7.73. The Bertz CT molecular complexity index is 639. The van der Waals surface area contributed by atoms with Gasteiger partial charge in [0, 0.05) is 43.6 Å². The van der Waals surface area contributed by atoms with Crippen molar-refractivity contribution in [3.63, 3.8) is 0 Å². The maximum absolute atomic E-state index is 12.2. The van der Waals surface area contributed by atoms with Crippen molar-refractivity contribution in [2.45, 2.75) is 32.9 Å². The van der Waals surface area contributed by atoms with Crippen LogP contribution in [-0.4, -0.2) is 60.8 Å². The molecule has 0 fully saturated rings. The number of hydrogen-bond acceptors (Lipinski definition) is 5. The molecule has 0 bridgehead atoms. The second-order valence-electron chi connectivity index (χ2n) is 5.59. The van der Waals surface area contributed by atoms with Gasteiger partial charge in [-0.1, -0.05) is 0 Å². The Balaban J connectivity index is 2.21. The minimum Gasteiger partial charge on any atom is -0.381 e. The number of fused-ring (bicyclic) bond motifs is 1. The monoisotopic (exact) mass is 329 g/mol. The maximum Gasteiger partial charge on any atom is 0.238 e. The Hall–Kier alpha value is -1.41. The number of carbonyl (C=O) groups is 1. The fourth-order valence-electron chi connectivity index (χ4n) is 2.62. The van der Waals surface area contributed by atoms with E-state index in [1.54, 1.807) is 4.90 Å². The molecule has 1 unspecified atom stereocenters. The molecule has 8 heteroatoms. The Labute approximate surface area is 131 Å². The van der Waals surface area contributed by atoms with Crippen molar-refractivity contribution in [3.8, 4) is 0 Å². The van der Waals surface area contributed by atoms with Crippen molar-refractivity contribution in [2.24, 2.45) is 0 Å². The van der Waals surface area contributed by atoms with E-state index in [4.69, 9.17) is 4.74 Å². The van der Waals surface area contributed by atoms with Crippen LogP contribution in [-0.2, 0) is 32.5 Å². The molecule has 2 rings (SSSR count). The van der Waals surface area contributed by atoms with Crippen LogP contribution < -0.4 is 0 Å².